The molecular formula is C6H8N6O. The first-order valence-corrected chi connectivity index (χ1v) is 3.34. The van der Waals surface area contributed by atoms with E-state index in [9.17, 15) is 0 Å². The second-order valence-electron chi connectivity index (χ2n) is 2.00. The Morgan fingerprint density at radius 3 is 2.69 bits per heavy atom. The van der Waals surface area contributed by atoms with Crippen molar-refractivity contribution in [2.24, 2.45) is 5.73 Å². The Morgan fingerprint density at radius 1 is 1.38 bits per heavy atom. The van der Waals surface area contributed by atoms with E-state index in [1.54, 1.807) is 0 Å². The van der Waals surface area contributed by atoms with Gasteiger partial charge in [0.05, 0.1) is 6.33 Å². The predicted octanol–water partition coefficient (Wildman–Crippen LogP) is -0.963. The summed E-state index contributed by atoms with van der Waals surface area (Å²) in [7, 11) is 0. The maximum atomic E-state index is 8.58. The molecule has 2 aromatic rings. The molecule has 0 radical (unpaired) electrons. The van der Waals surface area contributed by atoms with Gasteiger partial charge in [-0.1, -0.05) is 0 Å². The summed E-state index contributed by atoms with van der Waals surface area (Å²) < 4.78 is 0. The minimum Gasteiger partial charge on any atom is -0.382 e. The highest BCUT2D eigenvalue weighted by Crippen LogP contribution is 2.09. The van der Waals surface area contributed by atoms with E-state index in [-0.39, 0.29) is 6.41 Å². The van der Waals surface area contributed by atoms with Crippen LogP contribution in [0, 0.1) is 0 Å². The number of hydrogen-bond acceptors (Lipinski definition) is 5. The number of carbonyl (C=O) groups is 1. The lowest BCUT2D eigenvalue weighted by Crippen LogP contribution is -1.91. The van der Waals surface area contributed by atoms with Crippen LogP contribution in [0.3, 0.4) is 0 Å². The van der Waals surface area contributed by atoms with Crippen molar-refractivity contribution in [3.63, 3.8) is 0 Å². The van der Waals surface area contributed by atoms with E-state index in [1.165, 1.54) is 12.7 Å². The van der Waals surface area contributed by atoms with E-state index in [2.05, 4.69) is 25.7 Å². The van der Waals surface area contributed by atoms with E-state index in [0.717, 1.165) is 0 Å². The third kappa shape index (κ3) is 1.89. The number of rotatable bonds is 0. The van der Waals surface area contributed by atoms with E-state index in [0.29, 0.717) is 17.0 Å². The zero-order valence-corrected chi connectivity index (χ0v) is 6.64. The lowest BCUT2D eigenvalue weighted by atomic mass is 10.5. The van der Waals surface area contributed by atoms with Gasteiger partial charge in [0.25, 0.3) is 0 Å². The molecule has 0 atom stereocenters. The number of nitrogens with one attached hydrogen (secondary N) is 1. The summed E-state index contributed by atoms with van der Waals surface area (Å²) in [4.78, 5) is 22.9. The van der Waals surface area contributed by atoms with Gasteiger partial charge in [0.2, 0.25) is 6.41 Å². The fourth-order valence-corrected chi connectivity index (χ4v) is 0.784. The molecule has 0 fully saturated rings. The van der Waals surface area contributed by atoms with Gasteiger partial charge in [0.15, 0.2) is 11.5 Å². The summed E-state index contributed by atoms with van der Waals surface area (Å²) in [5, 5.41) is 0. The first-order chi connectivity index (χ1) is 6.29. The number of nitrogens with zero attached hydrogens (tertiary/aromatic N) is 3. The highest BCUT2D eigenvalue weighted by atomic mass is 16.1. The number of H-pyrrole nitrogens is 1. The second kappa shape index (κ2) is 4.00. The van der Waals surface area contributed by atoms with Crippen LogP contribution in [0.5, 0.6) is 0 Å². The number of aromatic nitrogens is 4. The minimum absolute atomic E-state index is 0.250. The molecule has 1 amide bonds. The number of hydrogen-bond donors (Lipinski definition) is 3. The van der Waals surface area contributed by atoms with Gasteiger partial charge >= 0.3 is 0 Å². The molecule has 7 nitrogen and oxygen atoms in total. The molecule has 0 aliphatic rings. The second-order valence-corrected chi connectivity index (χ2v) is 2.00. The molecule has 0 unspecified atom stereocenters. The van der Waals surface area contributed by atoms with Gasteiger partial charge in [-0.2, -0.15) is 0 Å². The van der Waals surface area contributed by atoms with Crippen LogP contribution in [-0.4, -0.2) is 26.3 Å². The average molecular weight is 180 g/mol. The molecule has 0 spiro atoms. The van der Waals surface area contributed by atoms with Crippen LogP contribution >= 0.6 is 0 Å². The van der Waals surface area contributed by atoms with Gasteiger partial charge < -0.3 is 16.5 Å². The van der Waals surface area contributed by atoms with Crippen LogP contribution < -0.4 is 11.5 Å². The standard InChI is InChI=1S/C5H5N5.CH3NO/c6-4-3-5(9-1-7-3)10-2-8-4;2-1-3/h1-2H,(H3,6,7,8,9,10);1H,(H2,2,3). The van der Waals surface area contributed by atoms with Crippen LogP contribution in [0.2, 0.25) is 0 Å². The Bertz CT molecular complexity index is 397. The molecule has 2 aromatic heterocycles. The first kappa shape index (κ1) is 8.91. The molecule has 13 heavy (non-hydrogen) atoms. The van der Waals surface area contributed by atoms with E-state index in [1.807, 2.05) is 0 Å². The maximum absolute atomic E-state index is 8.58. The molecule has 0 aliphatic heterocycles. The average Bonchev–Trinajstić information content (AvgIpc) is 2.54. The zero-order chi connectivity index (χ0) is 9.68. The normalized spacial score (nSPS) is 8.92. The highest BCUT2D eigenvalue weighted by molar-refractivity contribution is 5.80. The van der Waals surface area contributed by atoms with Crippen molar-refractivity contribution in [1.29, 1.82) is 0 Å². The van der Waals surface area contributed by atoms with Crippen molar-refractivity contribution < 1.29 is 4.79 Å². The number of aromatic amines is 1. The number of fused-ring (bicyclic) bond motifs is 1. The number of nitrogens with two attached hydrogens (primary N) is 2. The van der Waals surface area contributed by atoms with Crippen LogP contribution in [0.4, 0.5) is 5.82 Å². The van der Waals surface area contributed by atoms with Gasteiger partial charge in [-0.05, 0) is 0 Å². The Kier molecular flexibility index (Phi) is 2.74. The van der Waals surface area contributed by atoms with Crippen molar-refractivity contribution in [2.75, 3.05) is 5.73 Å². The summed E-state index contributed by atoms with van der Waals surface area (Å²) in [6, 6.07) is 0. The molecule has 0 aromatic carbocycles. The lowest BCUT2D eigenvalue weighted by Gasteiger charge is -1.89. The van der Waals surface area contributed by atoms with E-state index in [4.69, 9.17) is 10.5 Å². The van der Waals surface area contributed by atoms with Crippen LogP contribution in [0.25, 0.3) is 11.2 Å². The predicted molar refractivity (Wildman–Crippen MR) is 46.3 cm³/mol. The van der Waals surface area contributed by atoms with E-state index >= 15 is 0 Å². The SMILES string of the molecule is NC=O.Nc1ncnc2nc[nH]c12. The number of anilines is 1. The van der Waals surface area contributed by atoms with Crippen molar-refractivity contribution in [2.45, 2.75) is 0 Å². The summed E-state index contributed by atoms with van der Waals surface area (Å²) in [5.41, 5.74) is 10.9. The summed E-state index contributed by atoms with van der Waals surface area (Å²) in [6.07, 6.45) is 3.17. The monoisotopic (exact) mass is 180 g/mol. The molecule has 0 aliphatic carbocycles. The molecule has 7 heteroatoms. The van der Waals surface area contributed by atoms with Crippen LogP contribution in [-0.2, 0) is 4.79 Å². The van der Waals surface area contributed by atoms with E-state index < -0.39 is 0 Å². The number of imidazole rings is 1. The van der Waals surface area contributed by atoms with Gasteiger partial charge in [-0.25, -0.2) is 15.0 Å². The molecule has 2 rings (SSSR count). The summed E-state index contributed by atoms with van der Waals surface area (Å²) >= 11 is 0. The largest absolute Gasteiger partial charge is 0.382 e. The van der Waals surface area contributed by atoms with Gasteiger partial charge in [0.1, 0.15) is 11.8 Å². The molecule has 5 N–H and O–H groups in total. The summed E-state index contributed by atoms with van der Waals surface area (Å²) in [6.45, 7) is 0. The van der Waals surface area contributed by atoms with Crippen molar-refractivity contribution in [1.82, 2.24) is 19.9 Å². The van der Waals surface area contributed by atoms with Crippen LogP contribution in [0.1, 0.15) is 0 Å². The third-order valence-corrected chi connectivity index (χ3v) is 1.25. The molecule has 0 saturated heterocycles. The Labute approximate surface area is 73.2 Å². The third-order valence-electron chi connectivity index (χ3n) is 1.25. The van der Waals surface area contributed by atoms with Gasteiger partial charge in [-0.3, -0.25) is 4.79 Å². The lowest BCUT2D eigenvalue weighted by molar-refractivity contribution is -0.106. The minimum atomic E-state index is 0.250. The van der Waals surface area contributed by atoms with Crippen molar-refractivity contribution >= 4 is 23.4 Å². The number of primary amides is 1. The molecule has 2 heterocycles. The zero-order valence-electron chi connectivity index (χ0n) is 6.64. The Balaban J connectivity index is 0.000000251. The highest BCUT2D eigenvalue weighted by Gasteiger charge is 1.99. The maximum Gasteiger partial charge on any atom is 0.204 e. The van der Waals surface area contributed by atoms with Crippen molar-refractivity contribution in [3.05, 3.63) is 12.7 Å². The smallest absolute Gasteiger partial charge is 0.204 e. The fraction of sp³-hybridized carbons (Fsp3) is 0. The number of amides is 1. The molecular weight excluding hydrogens is 172 g/mol. The molecule has 68 valence electrons. The van der Waals surface area contributed by atoms with Gasteiger partial charge in [-0.15, -0.1) is 0 Å². The molecule has 0 saturated carbocycles. The quantitative estimate of drug-likeness (QED) is 0.450. The fourth-order valence-electron chi connectivity index (χ4n) is 0.784. The summed E-state index contributed by atoms with van der Waals surface area (Å²) in [5.74, 6) is 0.433. The first-order valence-electron chi connectivity index (χ1n) is 3.34. The van der Waals surface area contributed by atoms with Gasteiger partial charge in [0, 0.05) is 0 Å². The number of carbonyl (C=O) groups excluding carboxylic acids is 1. The van der Waals surface area contributed by atoms with Crippen LogP contribution in [0.15, 0.2) is 12.7 Å². The Morgan fingerprint density at radius 2 is 2.08 bits per heavy atom. The Hall–Kier alpha value is -2.18. The number of nitrogen functional groups attached to an aromatic ring is 1. The molecule has 0 bridgehead atoms. The van der Waals surface area contributed by atoms with Crippen molar-refractivity contribution in [3.8, 4) is 0 Å². The topological polar surface area (TPSA) is 124 Å².